The molecule has 2 aromatic carbocycles. The summed E-state index contributed by atoms with van der Waals surface area (Å²) < 4.78 is 5.31. The number of carbonyl (C=O) groups excluding carboxylic acids is 3. The number of carbonyl (C=O) groups is 3. The summed E-state index contributed by atoms with van der Waals surface area (Å²) in [4.78, 5) is 42.6. The highest BCUT2D eigenvalue weighted by atomic mass is 35.5. The first kappa shape index (κ1) is 27.9. The number of anilines is 2. The van der Waals surface area contributed by atoms with Crippen molar-refractivity contribution >= 4 is 41.3 Å². The number of rotatable bonds is 7. The second kappa shape index (κ2) is 11.1. The fourth-order valence-corrected chi connectivity index (χ4v) is 3.78. The molecular formula is C29H32ClN3O4. The third-order valence-corrected chi connectivity index (χ3v) is 5.98. The summed E-state index contributed by atoms with van der Waals surface area (Å²) in [6, 6.07) is 15.8. The Morgan fingerprint density at radius 2 is 1.65 bits per heavy atom. The summed E-state index contributed by atoms with van der Waals surface area (Å²) in [5.41, 5.74) is 1.57. The van der Waals surface area contributed by atoms with Gasteiger partial charge >= 0.3 is 6.09 Å². The molecule has 0 aliphatic rings. The van der Waals surface area contributed by atoms with E-state index in [0.717, 1.165) is 16.8 Å². The van der Waals surface area contributed by atoms with Gasteiger partial charge in [0.1, 0.15) is 17.3 Å². The van der Waals surface area contributed by atoms with E-state index < -0.39 is 23.0 Å². The van der Waals surface area contributed by atoms with Crippen LogP contribution in [0.1, 0.15) is 58.7 Å². The van der Waals surface area contributed by atoms with E-state index in [9.17, 15) is 14.4 Å². The number of aromatic nitrogens is 1. The minimum Gasteiger partial charge on any atom is -0.444 e. The van der Waals surface area contributed by atoms with Crippen molar-refractivity contribution in [3.63, 3.8) is 0 Å². The number of pyridine rings is 1. The zero-order valence-corrected chi connectivity index (χ0v) is 22.6. The predicted molar refractivity (Wildman–Crippen MR) is 147 cm³/mol. The Kier molecular flexibility index (Phi) is 8.39. The van der Waals surface area contributed by atoms with Crippen LogP contribution in [-0.4, -0.2) is 28.9 Å². The van der Waals surface area contributed by atoms with Crippen LogP contribution in [0.15, 0.2) is 60.8 Å². The normalized spacial score (nSPS) is 13.0. The SMILES string of the molecule is CC(C)c1cc(-c2cccc(C(C)(C=O)C(=O)Nc3cc(Cl)ccc3NC(=O)OC(C)(C)C)c2)ccn1. The van der Waals surface area contributed by atoms with Gasteiger partial charge in [0.25, 0.3) is 0 Å². The Morgan fingerprint density at radius 1 is 0.946 bits per heavy atom. The molecule has 0 bridgehead atoms. The maximum atomic E-state index is 13.5. The summed E-state index contributed by atoms with van der Waals surface area (Å²) in [5.74, 6) is -0.318. The van der Waals surface area contributed by atoms with E-state index in [1.54, 1.807) is 52.1 Å². The van der Waals surface area contributed by atoms with Crippen LogP contribution in [0, 0.1) is 0 Å². The van der Waals surface area contributed by atoms with Crippen molar-refractivity contribution in [2.75, 3.05) is 10.6 Å². The Bertz CT molecular complexity index is 1320. The minimum atomic E-state index is -1.52. The third kappa shape index (κ3) is 6.95. The van der Waals surface area contributed by atoms with Crippen molar-refractivity contribution in [3.05, 3.63) is 77.1 Å². The summed E-state index contributed by atoms with van der Waals surface area (Å²) in [6.07, 6.45) is 1.68. The standard InChI is InChI=1S/C29H32ClN3O4/c1-18(2)24-15-20(12-13-31-24)19-8-7-9-21(14-19)29(6,17-34)26(35)32-25-16-22(30)10-11-23(25)33-27(36)37-28(3,4)5/h7-18H,1-6H3,(H,32,35)(H,33,36). The van der Waals surface area contributed by atoms with Crippen molar-refractivity contribution in [2.45, 2.75) is 58.5 Å². The molecule has 1 aromatic heterocycles. The molecule has 3 rings (SSSR count). The van der Waals surface area contributed by atoms with Crippen LogP contribution < -0.4 is 10.6 Å². The first-order valence-corrected chi connectivity index (χ1v) is 12.3. The quantitative estimate of drug-likeness (QED) is 0.258. The van der Waals surface area contributed by atoms with Gasteiger partial charge in [-0.15, -0.1) is 0 Å². The highest BCUT2D eigenvalue weighted by Gasteiger charge is 2.36. The molecule has 3 aromatic rings. The molecule has 0 aliphatic carbocycles. The fraction of sp³-hybridized carbons (Fsp3) is 0.310. The van der Waals surface area contributed by atoms with Crippen LogP contribution in [0.25, 0.3) is 11.1 Å². The van der Waals surface area contributed by atoms with Crippen LogP contribution in [0.3, 0.4) is 0 Å². The zero-order chi connectivity index (χ0) is 27.4. The number of halogens is 1. The summed E-state index contributed by atoms with van der Waals surface area (Å²) >= 11 is 6.16. The minimum absolute atomic E-state index is 0.239. The monoisotopic (exact) mass is 521 g/mol. The molecule has 194 valence electrons. The molecule has 0 spiro atoms. The maximum Gasteiger partial charge on any atom is 0.412 e. The van der Waals surface area contributed by atoms with Crippen molar-refractivity contribution in [1.82, 2.24) is 4.98 Å². The van der Waals surface area contributed by atoms with Crippen molar-refractivity contribution in [1.29, 1.82) is 0 Å². The van der Waals surface area contributed by atoms with Crippen molar-refractivity contribution in [2.24, 2.45) is 0 Å². The van der Waals surface area contributed by atoms with Crippen LogP contribution in [0.2, 0.25) is 5.02 Å². The van der Waals surface area contributed by atoms with E-state index in [2.05, 4.69) is 29.5 Å². The van der Waals surface area contributed by atoms with E-state index in [-0.39, 0.29) is 17.3 Å². The first-order valence-electron chi connectivity index (χ1n) is 12.0. The number of nitrogens with zero attached hydrogens (tertiary/aromatic N) is 1. The number of amides is 2. The van der Waals surface area contributed by atoms with E-state index in [0.29, 0.717) is 16.9 Å². The summed E-state index contributed by atoms with van der Waals surface area (Å²) in [7, 11) is 0. The lowest BCUT2D eigenvalue weighted by Crippen LogP contribution is -2.39. The number of hydrogen-bond donors (Lipinski definition) is 2. The van der Waals surface area contributed by atoms with E-state index in [1.165, 1.54) is 6.07 Å². The van der Waals surface area contributed by atoms with E-state index in [4.69, 9.17) is 16.3 Å². The van der Waals surface area contributed by atoms with Crippen LogP contribution in [0.5, 0.6) is 0 Å². The molecule has 0 fully saturated rings. The zero-order valence-electron chi connectivity index (χ0n) is 21.9. The largest absolute Gasteiger partial charge is 0.444 e. The molecule has 2 amide bonds. The molecule has 0 saturated heterocycles. The molecule has 1 atom stereocenters. The van der Waals surface area contributed by atoms with Crippen molar-refractivity contribution < 1.29 is 19.1 Å². The Balaban J connectivity index is 1.92. The second-order valence-electron chi connectivity index (χ2n) is 10.3. The lowest BCUT2D eigenvalue weighted by Gasteiger charge is -2.25. The molecule has 2 N–H and O–H groups in total. The van der Waals surface area contributed by atoms with Gasteiger partial charge in [0, 0.05) is 16.9 Å². The average Bonchev–Trinajstić information content (AvgIpc) is 2.84. The fourth-order valence-electron chi connectivity index (χ4n) is 3.61. The van der Waals surface area contributed by atoms with Crippen LogP contribution in [0.4, 0.5) is 16.2 Å². The summed E-state index contributed by atoms with van der Waals surface area (Å²) in [6.45, 7) is 10.9. The summed E-state index contributed by atoms with van der Waals surface area (Å²) in [5, 5.41) is 5.73. The maximum absolute atomic E-state index is 13.5. The highest BCUT2D eigenvalue weighted by molar-refractivity contribution is 6.31. The van der Waals surface area contributed by atoms with Gasteiger partial charge in [0.15, 0.2) is 0 Å². The van der Waals surface area contributed by atoms with Gasteiger partial charge in [-0.05, 0) is 86.7 Å². The van der Waals surface area contributed by atoms with Crippen molar-refractivity contribution in [3.8, 4) is 11.1 Å². The molecule has 8 heteroatoms. The van der Waals surface area contributed by atoms with Gasteiger partial charge < -0.3 is 14.8 Å². The van der Waals surface area contributed by atoms with Gasteiger partial charge in [-0.2, -0.15) is 0 Å². The number of ether oxygens (including phenoxy) is 1. The van der Waals surface area contributed by atoms with E-state index >= 15 is 0 Å². The van der Waals surface area contributed by atoms with Crippen LogP contribution >= 0.6 is 11.6 Å². The number of hydrogen-bond acceptors (Lipinski definition) is 5. The first-order chi connectivity index (χ1) is 17.3. The Labute approximate surface area is 222 Å². The molecule has 0 aliphatic heterocycles. The molecular weight excluding hydrogens is 490 g/mol. The molecule has 0 saturated carbocycles. The number of nitrogens with one attached hydrogen (secondary N) is 2. The molecule has 1 heterocycles. The van der Waals surface area contributed by atoms with Gasteiger partial charge in [0.2, 0.25) is 5.91 Å². The lowest BCUT2D eigenvalue weighted by molar-refractivity contribution is -0.126. The van der Waals surface area contributed by atoms with Gasteiger partial charge in [0.05, 0.1) is 11.4 Å². The second-order valence-corrected chi connectivity index (χ2v) is 10.7. The highest BCUT2D eigenvalue weighted by Crippen LogP contribution is 2.32. The van der Waals surface area contributed by atoms with Gasteiger partial charge in [-0.1, -0.05) is 43.6 Å². The smallest absolute Gasteiger partial charge is 0.412 e. The van der Waals surface area contributed by atoms with E-state index in [1.807, 2.05) is 30.3 Å². The lowest BCUT2D eigenvalue weighted by atomic mass is 9.81. The van der Waals surface area contributed by atoms with Crippen LogP contribution in [-0.2, 0) is 19.7 Å². The molecule has 7 nitrogen and oxygen atoms in total. The molecule has 37 heavy (non-hydrogen) atoms. The topological polar surface area (TPSA) is 97.4 Å². The third-order valence-electron chi connectivity index (χ3n) is 5.74. The number of benzene rings is 2. The molecule has 0 radical (unpaired) electrons. The van der Waals surface area contributed by atoms with Gasteiger partial charge in [-0.3, -0.25) is 15.1 Å². The number of aldehydes is 1. The Morgan fingerprint density at radius 3 is 2.30 bits per heavy atom. The average molecular weight is 522 g/mol. The predicted octanol–water partition coefficient (Wildman–Crippen LogP) is 6.97. The van der Waals surface area contributed by atoms with Gasteiger partial charge in [-0.25, -0.2) is 4.79 Å². The Hall–Kier alpha value is -3.71. The molecule has 1 unspecified atom stereocenters.